The minimum Gasteiger partial charge on any atom is -0.472 e. The third kappa shape index (κ3) is 4.10. The first-order valence-corrected chi connectivity index (χ1v) is 7.57. The smallest absolute Gasteiger partial charge is 0.0935 e. The molecule has 1 N–H and O–H groups in total. The highest BCUT2D eigenvalue weighted by molar-refractivity contribution is 9.10. The second-order valence-electron chi connectivity index (χ2n) is 4.51. The van der Waals surface area contributed by atoms with Gasteiger partial charge in [0.05, 0.1) is 12.5 Å². The molecule has 0 amide bonds. The first-order valence-electron chi connectivity index (χ1n) is 6.40. The van der Waals surface area contributed by atoms with Gasteiger partial charge in [-0.2, -0.15) is 0 Å². The van der Waals surface area contributed by atoms with Gasteiger partial charge in [0.15, 0.2) is 0 Å². The monoisotopic (exact) mass is 341 g/mol. The van der Waals surface area contributed by atoms with Gasteiger partial charge in [-0.05, 0) is 54.8 Å². The molecule has 0 fully saturated rings. The Morgan fingerprint density at radius 3 is 2.89 bits per heavy atom. The number of hydrogen-bond donors (Lipinski definition) is 1. The van der Waals surface area contributed by atoms with Gasteiger partial charge in [0, 0.05) is 15.5 Å². The molecule has 0 spiro atoms. The summed E-state index contributed by atoms with van der Waals surface area (Å²) < 4.78 is 6.22. The quantitative estimate of drug-likeness (QED) is 0.801. The van der Waals surface area contributed by atoms with E-state index in [1.165, 1.54) is 11.1 Å². The molecule has 1 heterocycles. The van der Waals surface area contributed by atoms with Crippen LogP contribution in [0.25, 0.3) is 0 Å². The molecule has 2 aromatic rings. The van der Waals surface area contributed by atoms with Gasteiger partial charge >= 0.3 is 0 Å². The van der Waals surface area contributed by atoms with Crippen LogP contribution in [0.3, 0.4) is 0 Å². The van der Waals surface area contributed by atoms with E-state index in [9.17, 15) is 0 Å². The summed E-state index contributed by atoms with van der Waals surface area (Å²) in [7, 11) is 0. The van der Waals surface area contributed by atoms with Crippen molar-refractivity contribution in [1.29, 1.82) is 0 Å². The predicted molar refractivity (Wildman–Crippen MR) is 82.6 cm³/mol. The largest absolute Gasteiger partial charge is 0.472 e. The Balaban J connectivity index is 2.23. The number of benzene rings is 1. The summed E-state index contributed by atoms with van der Waals surface area (Å²) in [5, 5.41) is 4.32. The average Bonchev–Trinajstić information content (AvgIpc) is 2.90. The third-order valence-electron chi connectivity index (χ3n) is 2.99. The van der Waals surface area contributed by atoms with E-state index < -0.39 is 0 Å². The first-order chi connectivity index (χ1) is 9.20. The summed E-state index contributed by atoms with van der Waals surface area (Å²) in [4.78, 5) is 0. The van der Waals surface area contributed by atoms with Crippen molar-refractivity contribution in [3.63, 3.8) is 0 Å². The second kappa shape index (κ2) is 7.13. The molecule has 19 heavy (non-hydrogen) atoms. The average molecular weight is 343 g/mol. The van der Waals surface area contributed by atoms with E-state index in [1.54, 1.807) is 12.5 Å². The van der Waals surface area contributed by atoms with Crippen molar-refractivity contribution in [2.24, 2.45) is 0 Å². The summed E-state index contributed by atoms with van der Waals surface area (Å²) >= 11 is 9.71. The topological polar surface area (TPSA) is 25.2 Å². The highest BCUT2D eigenvalue weighted by Crippen LogP contribution is 2.29. The Morgan fingerprint density at radius 1 is 1.37 bits per heavy atom. The molecule has 0 bridgehead atoms. The molecule has 0 saturated heterocycles. The van der Waals surface area contributed by atoms with Crippen molar-refractivity contribution < 1.29 is 4.42 Å². The van der Waals surface area contributed by atoms with Gasteiger partial charge in [0.25, 0.3) is 0 Å². The highest BCUT2D eigenvalue weighted by Gasteiger charge is 2.15. The summed E-state index contributed by atoms with van der Waals surface area (Å²) in [5.74, 6) is 0. The molecule has 0 aliphatic rings. The van der Waals surface area contributed by atoms with Crippen LogP contribution < -0.4 is 5.32 Å². The van der Waals surface area contributed by atoms with Crippen LogP contribution in [-0.2, 0) is 6.42 Å². The molecule has 2 rings (SSSR count). The molecule has 1 aromatic heterocycles. The van der Waals surface area contributed by atoms with Gasteiger partial charge in [-0.1, -0.05) is 34.5 Å². The molecule has 0 saturated carbocycles. The fourth-order valence-electron chi connectivity index (χ4n) is 2.04. The lowest BCUT2D eigenvalue weighted by atomic mass is 10.0. The number of halogens is 2. The van der Waals surface area contributed by atoms with Crippen LogP contribution >= 0.6 is 27.5 Å². The molecule has 0 aliphatic heterocycles. The van der Waals surface area contributed by atoms with Crippen LogP contribution in [0.2, 0.25) is 5.02 Å². The van der Waals surface area contributed by atoms with Crippen LogP contribution in [0, 0.1) is 0 Å². The van der Waals surface area contributed by atoms with Crippen molar-refractivity contribution in [3.8, 4) is 0 Å². The van der Waals surface area contributed by atoms with E-state index in [0.717, 1.165) is 28.9 Å². The molecule has 0 radical (unpaired) electrons. The maximum atomic E-state index is 6.11. The lowest BCUT2D eigenvalue weighted by Crippen LogP contribution is -2.24. The van der Waals surface area contributed by atoms with Crippen molar-refractivity contribution >= 4 is 27.5 Å². The maximum absolute atomic E-state index is 6.11. The fraction of sp³-hybridized carbons (Fsp3) is 0.333. The minimum absolute atomic E-state index is 0.227. The Morgan fingerprint density at radius 2 is 2.21 bits per heavy atom. The van der Waals surface area contributed by atoms with Crippen molar-refractivity contribution in [2.75, 3.05) is 6.54 Å². The Hall–Kier alpha value is -0.770. The number of furan rings is 1. The van der Waals surface area contributed by atoms with Gasteiger partial charge < -0.3 is 9.73 Å². The lowest BCUT2D eigenvalue weighted by molar-refractivity contribution is 0.519. The second-order valence-corrected chi connectivity index (χ2v) is 5.80. The molecule has 0 aliphatic carbocycles. The van der Waals surface area contributed by atoms with E-state index in [2.05, 4.69) is 28.2 Å². The van der Waals surface area contributed by atoms with Crippen LogP contribution in [0.1, 0.15) is 30.5 Å². The zero-order valence-electron chi connectivity index (χ0n) is 10.8. The van der Waals surface area contributed by atoms with E-state index in [-0.39, 0.29) is 6.04 Å². The van der Waals surface area contributed by atoms with Crippen LogP contribution in [-0.4, -0.2) is 6.54 Å². The Bertz CT molecular complexity index is 513. The maximum Gasteiger partial charge on any atom is 0.0935 e. The molecule has 4 heteroatoms. The molecule has 1 unspecified atom stereocenters. The molecular weight excluding hydrogens is 326 g/mol. The summed E-state index contributed by atoms with van der Waals surface area (Å²) in [6.45, 7) is 3.14. The Labute approximate surface area is 127 Å². The lowest BCUT2D eigenvalue weighted by Gasteiger charge is -2.20. The predicted octanol–water partition coefficient (Wildman–Crippen LogP) is 4.98. The summed E-state index contributed by atoms with van der Waals surface area (Å²) in [5.41, 5.74) is 2.36. The van der Waals surface area contributed by atoms with Gasteiger partial charge in [0.1, 0.15) is 0 Å². The first kappa shape index (κ1) is 14.6. The van der Waals surface area contributed by atoms with Crippen LogP contribution in [0.5, 0.6) is 0 Å². The molecule has 1 aromatic carbocycles. The van der Waals surface area contributed by atoms with Crippen molar-refractivity contribution in [1.82, 2.24) is 5.32 Å². The highest BCUT2D eigenvalue weighted by atomic mass is 79.9. The van der Waals surface area contributed by atoms with Crippen LogP contribution in [0.15, 0.2) is 45.7 Å². The number of rotatable bonds is 6. The normalized spacial score (nSPS) is 12.6. The van der Waals surface area contributed by atoms with Crippen molar-refractivity contribution in [2.45, 2.75) is 25.8 Å². The molecular formula is C15H17BrClNO. The summed E-state index contributed by atoms with van der Waals surface area (Å²) in [6.07, 6.45) is 5.48. The Kier molecular flexibility index (Phi) is 5.49. The fourth-order valence-corrected chi connectivity index (χ4v) is 2.74. The standard InChI is InChI=1S/C15H17BrClNO/c1-2-6-18-15(8-11-5-7-19-10-11)13-9-12(17)3-4-14(13)16/h3-5,7,9-10,15,18H,2,6,8H2,1H3. The van der Waals surface area contributed by atoms with E-state index >= 15 is 0 Å². The van der Waals surface area contributed by atoms with Gasteiger partial charge in [-0.25, -0.2) is 0 Å². The SMILES string of the molecule is CCCNC(Cc1ccoc1)c1cc(Cl)ccc1Br. The number of nitrogens with one attached hydrogen (secondary N) is 1. The third-order valence-corrected chi connectivity index (χ3v) is 3.95. The molecule has 2 nitrogen and oxygen atoms in total. The van der Waals surface area contributed by atoms with Gasteiger partial charge in [0.2, 0.25) is 0 Å². The van der Waals surface area contributed by atoms with E-state index in [1.807, 2.05) is 24.3 Å². The van der Waals surface area contributed by atoms with E-state index in [4.69, 9.17) is 16.0 Å². The number of hydrogen-bond acceptors (Lipinski definition) is 2. The zero-order chi connectivity index (χ0) is 13.7. The zero-order valence-corrected chi connectivity index (χ0v) is 13.2. The minimum atomic E-state index is 0.227. The van der Waals surface area contributed by atoms with Crippen LogP contribution in [0.4, 0.5) is 0 Å². The molecule has 1 atom stereocenters. The molecule has 102 valence electrons. The van der Waals surface area contributed by atoms with Crippen molar-refractivity contribution in [3.05, 3.63) is 57.4 Å². The van der Waals surface area contributed by atoms with E-state index in [0.29, 0.717) is 0 Å². The van der Waals surface area contributed by atoms with Gasteiger partial charge in [-0.15, -0.1) is 0 Å². The van der Waals surface area contributed by atoms with Gasteiger partial charge in [-0.3, -0.25) is 0 Å². The summed E-state index contributed by atoms with van der Waals surface area (Å²) in [6, 6.07) is 8.13.